The lowest BCUT2D eigenvalue weighted by Gasteiger charge is -2.22. The molecule has 1 aromatic rings. The first-order chi connectivity index (χ1) is 8.75. The molecular formula is C14H18ClNO3. The number of carbonyl (C=O) groups is 2. The van der Waals surface area contributed by atoms with E-state index in [4.69, 9.17) is 16.7 Å². The predicted octanol–water partition coefficient (Wildman–Crippen LogP) is 3.01. The van der Waals surface area contributed by atoms with Crippen molar-refractivity contribution in [3.63, 3.8) is 0 Å². The summed E-state index contributed by atoms with van der Waals surface area (Å²) in [5, 5.41) is 9.42. The maximum Gasteiger partial charge on any atom is 0.326 e. The summed E-state index contributed by atoms with van der Waals surface area (Å²) in [5.74, 6) is -1.12. The Labute approximate surface area is 118 Å². The molecule has 1 aromatic carbocycles. The Bertz CT molecular complexity index is 499. The second-order valence-electron chi connectivity index (χ2n) is 4.82. The predicted molar refractivity (Wildman–Crippen MR) is 74.7 cm³/mol. The number of amides is 1. The van der Waals surface area contributed by atoms with E-state index in [9.17, 15) is 9.59 Å². The molecule has 0 spiro atoms. The van der Waals surface area contributed by atoms with Gasteiger partial charge in [0.05, 0.1) is 0 Å². The monoisotopic (exact) mass is 283 g/mol. The first kappa shape index (κ1) is 15.5. The molecule has 0 aromatic heterocycles. The van der Waals surface area contributed by atoms with Crippen molar-refractivity contribution in [3.05, 3.63) is 34.3 Å². The molecule has 0 bridgehead atoms. The minimum absolute atomic E-state index is 0.271. The Hall–Kier alpha value is -1.55. The fourth-order valence-electron chi connectivity index (χ4n) is 1.67. The normalized spacial score (nSPS) is 12.3. The first-order valence-electron chi connectivity index (χ1n) is 6.05. The van der Waals surface area contributed by atoms with Crippen LogP contribution in [0.1, 0.15) is 42.6 Å². The molecule has 104 valence electrons. The van der Waals surface area contributed by atoms with Gasteiger partial charge in [-0.25, -0.2) is 4.79 Å². The van der Waals surface area contributed by atoms with Crippen LogP contribution in [-0.4, -0.2) is 35.0 Å². The van der Waals surface area contributed by atoms with Crippen LogP contribution in [0.5, 0.6) is 0 Å². The van der Waals surface area contributed by atoms with Gasteiger partial charge >= 0.3 is 5.97 Å². The molecule has 1 rings (SSSR count). The van der Waals surface area contributed by atoms with Gasteiger partial charge in [-0.15, -0.1) is 0 Å². The molecule has 1 amide bonds. The number of hydrogen-bond donors (Lipinski definition) is 1. The fraction of sp³-hybridized carbons (Fsp3) is 0.429. The third-order valence-corrected chi connectivity index (χ3v) is 3.46. The Kier molecular flexibility index (Phi) is 4.95. The Balaban J connectivity index is 3.01. The topological polar surface area (TPSA) is 57.6 Å². The van der Waals surface area contributed by atoms with Crippen molar-refractivity contribution >= 4 is 23.5 Å². The number of hydrogen-bond acceptors (Lipinski definition) is 2. The van der Waals surface area contributed by atoms with Crippen molar-refractivity contribution in [3.8, 4) is 0 Å². The maximum absolute atomic E-state index is 12.1. The van der Waals surface area contributed by atoms with Gasteiger partial charge in [-0.2, -0.15) is 0 Å². The number of likely N-dealkylation sites (N-methyl/N-ethyl adjacent to an activating group) is 1. The Morgan fingerprint density at radius 1 is 1.26 bits per heavy atom. The lowest BCUT2D eigenvalue weighted by molar-refractivity contribution is -0.141. The van der Waals surface area contributed by atoms with Crippen LogP contribution in [0.4, 0.5) is 0 Å². The number of halogens is 1. The van der Waals surface area contributed by atoms with Gasteiger partial charge in [0.2, 0.25) is 0 Å². The van der Waals surface area contributed by atoms with Crippen molar-refractivity contribution in [1.82, 2.24) is 4.90 Å². The van der Waals surface area contributed by atoms with Crippen LogP contribution in [-0.2, 0) is 4.79 Å². The van der Waals surface area contributed by atoms with Gasteiger partial charge in [0.1, 0.15) is 6.04 Å². The molecular weight excluding hydrogens is 266 g/mol. The van der Waals surface area contributed by atoms with Crippen LogP contribution in [0, 0.1) is 0 Å². The summed E-state index contributed by atoms with van der Waals surface area (Å²) in [6.07, 6.45) is 0. The van der Waals surface area contributed by atoms with Crippen molar-refractivity contribution in [2.24, 2.45) is 0 Å². The van der Waals surface area contributed by atoms with Crippen LogP contribution in [0.3, 0.4) is 0 Å². The van der Waals surface area contributed by atoms with Gasteiger partial charge < -0.3 is 10.0 Å². The zero-order chi connectivity index (χ0) is 14.7. The van der Waals surface area contributed by atoms with Gasteiger partial charge in [-0.1, -0.05) is 31.5 Å². The standard InChI is InChI=1S/C14H18ClNO3/c1-8(2)11-6-5-10(7-12(11)15)13(17)16(4)9(3)14(18)19/h5-9H,1-4H3,(H,18,19). The van der Waals surface area contributed by atoms with Crippen molar-refractivity contribution in [1.29, 1.82) is 0 Å². The summed E-state index contributed by atoms with van der Waals surface area (Å²) in [4.78, 5) is 24.2. The van der Waals surface area contributed by atoms with Gasteiger partial charge in [0.25, 0.3) is 5.91 Å². The van der Waals surface area contributed by atoms with E-state index in [-0.39, 0.29) is 11.8 Å². The van der Waals surface area contributed by atoms with E-state index >= 15 is 0 Å². The number of carboxylic acid groups (broad SMARTS) is 1. The highest BCUT2D eigenvalue weighted by atomic mass is 35.5. The Morgan fingerprint density at radius 2 is 1.84 bits per heavy atom. The van der Waals surface area contributed by atoms with Crippen molar-refractivity contribution < 1.29 is 14.7 Å². The molecule has 1 atom stereocenters. The molecule has 0 fully saturated rings. The molecule has 0 heterocycles. The zero-order valence-electron chi connectivity index (χ0n) is 11.5. The highest BCUT2D eigenvalue weighted by Gasteiger charge is 2.23. The first-order valence-corrected chi connectivity index (χ1v) is 6.43. The van der Waals surface area contributed by atoms with Crippen LogP contribution in [0.15, 0.2) is 18.2 Å². The average Bonchev–Trinajstić information content (AvgIpc) is 2.35. The zero-order valence-corrected chi connectivity index (χ0v) is 12.2. The largest absolute Gasteiger partial charge is 0.480 e. The summed E-state index contributed by atoms with van der Waals surface area (Å²) in [5.41, 5.74) is 1.36. The molecule has 0 aliphatic rings. The van der Waals surface area contributed by atoms with Crippen molar-refractivity contribution in [2.45, 2.75) is 32.7 Å². The van der Waals surface area contributed by atoms with Gasteiger partial charge in [0, 0.05) is 17.6 Å². The van der Waals surface area contributed by atoms with Crippen LogP contribution in [0.2, 0.25) is 5.02 Å². The minimum atomic E-state index is -1.04. The summed E-state index contributed by atoms with van der Waals surface area (Å²) < 4.78 is 0. The molecule has 4 nitrogen and oxygen atoms in total. The molecule has 0 aliphatic carbocycles. The van der Waals surface area contributed by atoms with Crippen molar-refractivity contribution in [2.75, 3.05) is 7.05 Å². The lowest BCUT2D eigenvalue weighted by Crippen LogP contribution is -2.40. The third kappa shape index (κ3) is 3.47. The van der Waals surface area contributed by atoms with E-state index in [2.05, 4.69) is 0 Å². The van der Waals surface area contributed by atoms with E-state index in [1.54, 1.807) is 18.2 Å². The molecule has 1 unspecified atom stereocenters. The van der Waals surface area contributed by atoms with Crippen LogP contribution >= 0.6 is 11.6 Å². The molecule has 19 heavy (non-hydrogen) atoms. The van der Waals surface area contributed by atoms with Crippen LogP contribution < -0.4 is 0 Å². The van der Waals surface area contributed by atoms with E-state index in [0.717, 1.165) is 5.56 Å². The summed E-state index contributed by atoms with van der Waals surface area (Å²) in [6.45, 7) is 5.49. The van der Waals surface area contributed by atoms with Crippen LogP contribution in [0.25, 0.3) is 0 Å². The maximum atomic E-state index is 12.1. The minimum Gasteiger partial charge on any atom is -0.480 e. The molecule has 0 saturated carbocycles. The smallest absolute Gasteiger partial charge is 0.326 e. The molecule has 1 N–H and O–H groups in total. The van der Waals surface area contributed by atoms with Gasteiger partial charge in [-0.3, -0.25) is 4.79 Å². The number of rotatable bonds is 4. The quantitative estimate of drug-likeness (QED) is 0.924. The average molecular weight is 284 g/mol. The van der Waals surface area contributed by atoms with E-state index < -0.39 is 12.0 Å². The molecule has 0 radical (unpaired) electrons. The SMILES string of the molecule is CC(C)c1ccc(C(=O)N(C)C(C)C(=O)O)cc1Cl. The number of aliphatic carboxylic acids is 1. The third-order valence-electron chi connectivity index (χ3n) is 3.13. The highest BCUT2D eigenvalue weighted by molar-refractivity contribution is 6.31. The van der Waals surface area contributed by atoms with Gasteiger partial charge in [-0.05, 0) is 30.5 Å². The summed E-state index contributed by atoms with van der Waals surface area (Å²) in [6, 6.07) is 4.19. The number of nitrogens with zero attached hydrogens (tertiary/aromatic N) is 1. The summed E-state index contributed by atoms with van der Waals surface area (Å²) in [7, 11) is 1.46. The van der Waals surface area contributed by atoms with E-state index in [1.165, 1.54) is 18.9 Å². The highest BCUT2D eigenvalue weighted by Crippen LogP contribution is 2.25. The molecule has 5 heteroatoms. The van der Waals surface area contributed by atoms with E-state index in [0.29, 0.717) is 10.6 Å². The number of carboxylic acids is 1. The Morgan fingerprint density at radius 3 is 2.26 bits per heavy atom. The number of carbonyl (C=O) groups excluding carboxylic acids is 1. The lowest BCUT2D eigenvalue weighted by atomic mass is 10.0. The summed E-state index contributed by atoms with van der Waals surface area (Å²) >= 11 is 6.13. The number of benzene rings is 1. The second-order valence-corrected chi connectivity index (χ2v) is 5.23. The van der Waals surface area contributed by atoms with E-state index in [1.807, 2.05) is 13.8 Å². The second kappa shape index (κ2) is 6.06. The fourth-order valence-corrected chi connectivity index (χ4v) is 2.07. The van der Waals surface area contributed by atoms with Gasteiger partial charge in [0.15, 0.2) is 0 Å². The molecule has 0 aliphatic heterocycles. The molecule has 0 saturated heterocycles.